The second-order valence-corrected chi connectivity index (χ2v) is 6.78. The number of hydrogen-bond acceptors (Lipinski definition) is 3. The summed E-state index contributed by atoms with van der Waals surface area (Å²) in [6, 6.07) is 15.4. The summed E-state index contributed by atoms with van der Waals surface area (Å²) in [5, 5.41) is 11.7. The van der Waals surface area contributed by atoms with Crippen LogP contribution in [0.1, 0.15) is 29.5 Å². The van der Waals surface area contributed by atoms with Crippen LogP contribution >= 0.6 is 0 Å². The molecular formula is C21H23NO4. The van der Waals surface area contributed by atoms with Gasteiger partial charge in [0, 0.05) is 6.54 Å². The van der Waals surface area contributed by atoms with Crippen molar-refractivity contribution in [3.63, 3.8) is 0 Å². The zero-order valence-electron chi connectivity index (χ0n) is 14.8. The van der Waals surface area contributed by atoms with E-state index in [0.29, 0.717) is 12.3 Å². The van der Waals surface area contributed by atoms with Crippen molar-refractivity contribution in [2.24, 2.45) is 0 Å². The van der Waals surface area contributed by atoms with Gasteiger partial charge in [0.1, 0.15) is 5.75 Å². The molecule has 3 rings (SSSR count). The van der Waals surface area contributed by atoms with Crippen molar-refractivity contribution in [3.8, 4) is 5.75 Å². The number of aryl methyl sites for hydroxylation is 1. The molecule has 2 aromatic rings. The summed E-state index contributed by atoms with van der Waals surface area (Å²) < 4.78 is 5.11. The van der Waals surface area contributed by atoms with Crippen molar-refractivity contribution in [2.75, 3.05) is 13.2 Å². The number of amides is 1. The third kappa shape index (κ3) is 4.23. The second-order valence-electron chi connectivity index (χ2n) is 6.78. The third-order valence-electron chi connectivity index (χ3n) is 4.74. The van der Waals surface area contributed by atoms with Gasteiger partial charge >= 0.3 is 5.97 Å². The van der Waals surface area contributed by atoms with Gasteiger partial charge in [-0.05, 0) is 49.4 Å². The molecular weight excluding hydrogens is 330 g/mol. The van der Waals surface area contributed by atoms with Crippen LogP contribution in [0.3, 0.4) is 0 Å². The van der Waals surface area contributed by atoms with E-state index in [1.165, 1.54) is 5.56 Å². The molecule has 0 spiro atoms. The summed E-state index contributed by atoms with van der Waals surface area (Å²) >= 11 is 0. The first kappa shape index (κ1) is 18.0. The number of hydrogen-bond donors (Lipinski definition) is 2. The Morgan fingerprint density at radius 2 is 1.88 bits per heavy atom. The Kier molecular flexibility index (Phi) is 5.26. The number of nitrogens with one attached hydrogen (secondary N) is 1. The second kappa shape index (κ2) is 7.60. The van der Waals surface area contributed by atoms with Crippen molar-refractivity contribution in [1.82, 2.24) is 5.32 Å². The van der Waals surface area contributed by atoms with Crippen LogP contribution in [0.15, 0.2) is 48.5 Å². The Hall–Kier alpha value is -2.82. The number of carbonyl (C=O) groups excluding carboxylic acids is 1. The molecule has 0 bridgehead atoms. The summed E-state index contributed by atoms with van der Waals surface area (Å²) in [4.78, 5) is 23.1. The molecule has 1 saturated carbocycles. The molecule has 2 N–H and O–H groups in total. The SMILES string of the molecule is Cc1cccc(C2(C(=O)NCCc3ccc(OCC(=O)O)cc3)CC2)c1. The van der Waals surface area contributed by atoms with E-state index >= 15 is 0 Å². The van der Waals surface area contributed by atoms with Gasteiger partial charge in [0.25, 0.3) is 0 Å². The molecule has 0 aliphatic heterocycles. The Balaban J connectivity index is 1.50. The van der Waals surface area contributed by atoms with Gasteiger partial charge < -0.3 is 15.2 Å². The molecule has 0 aromatic heterocycles. The topological polar surface area (TPSA) is 75.6 Å². The molecule has 0 radical (unpaired) electrons. The van der Waals surface area contributed by atoms with Crippen molar-refractivity contribution < 1.29 is 19.4 Å². The molecule has 1 fully saturated rings. The van der Waals surface area contributed by atoms with E-state index < -0.39 is 5.97 Å². The van der Waals surface area contributed by atoms with E-state index in [0.717, 1.165) is 30.4 Å². The number of carbonyl (C=O) groups is 2. The Labute approximate surface area is 153 Å². The monoisotopic (exact) mass is 353 g/mol. The van der Waals surface area contributed by atoms with Crippen LogP contribution in [0.5, 0.6) is 5.75 Å². The molecule has 1 aliphatic carbocycles. The van der Waals surface area contributed by atoms with Gasteiger partial charge in [0.15, 0.2) is 6.61 Å². The van der Waals surface area contributed by atoms with Crippen LogP contribution in [-0.4, -0.2) is 30.1 Å². The smallest absolute Gasteiger partial charge is 0.341 e. The minimum absolute atomic E-state index is 0.101. The number of rotatable bonds is 8. The van der Waals surface area contributed by atoms with Crippen LogP contribution < -0.4 is 10.1 Å². The Bertz CT molecular complexity index is 794. The van der Waals surface area contributed by atoms with E-state index in [2.05, 4.69) is 11.4 Å². The van der Waals surface area contributed by atoms with E-state index in [1.807, 2.05) is 37.3 Å². The van der Waals surface area contributed by atoms with Gasteiger partial charge in [-0.25, -0.2) is 4.79 Å². The number of benzene rings is 2. The zero-order valence-corrected chi connectivity index (χ0v) is 14.8. The fourth-order valence-corrected chi connectivity index (χ4v) is 3.10. The van der Waals surface area contributed by atoms with Gasteiger partial charge in [0.2, 0.25) is 5.91 Å². The molecule has 0 saturated heterocycles. The summed E-state index contributed by atoms with van der Waals surface area (Å²) in [7, 11) is 0. The highest BCUT2D eigenvalue weighted by atomic mass is 16.5. The van der Waals surface area contributed by atoms with Gasteiger partial charge in [-0.1, -0.05) is 42.0 Å². The van der Waals surface area contributed by atoms with Crippen LogP contribution in [0.4, 0.5) is 0 Å². The lowest BCUT2D eigenvalue weighted by atomic mass is 9.93. The minimum atomic E-state index is -1.00. The highest BCUT2D eigenvalue weighted by molar-refractivity contribution is 5.91. The number of aliphatic carboxylic acids is 1. The third-order valence-corrected chi connectivity index (χ3v) is 4.74. The summed E-state index contributed by atoms with van der Waals surface area (Å²) in [6.45, 7) is 2.26. The molecule has 5 nitrogen and oxygen atoms in total. The van der Waals surface area contributed by atoms with Crippen LogP contribution in [0.2, 0.25) is 0 Å². The van der Waals surface area contributed by atoms with Crippen LogP contribution in [-0.2, 0) is 21.4 Å². The first-order valence-electron chi connectivity index (χ1n) is 8.79. The highest BCUT2D eigenvalue weighted by Crippen LogP contribution is 2.48. The maximum absolute atomic E-state index is 12.6. The van der Waals surface area contributed by atoms with Crippen molar-refractivity contribution in [1.29, 1.82) is 0 Å². The van der Waals surface area contributed by atoms with Crippen molar-refractivity contribution >= 4 is 11.9 Å². The van der Waals surface area contributed by atoms with Crippen LogP contribution in [0.25, 0.3) is 0 Å². The minimum Gasteiger partial charge on any atom is -0.482 e. The maximum Gasteiger partial charge on any atom is 0.341 e. The quantitative estimate of drug-likeness (QED) is 0.765. The van der Waals surface area contributed by atoms with Crippen molar-refractivity contribution in [2.45, 2.75) is 31.6 Å². The Morgan fingerprint density at radius 1 is 1.15 bits per heavy atom. The molecule has 1 aliphatic rings. The number of carboxylic acid groups (broad SMARTS) is 1. The molecule has 0 atom stereocenters. The van der Waals surface area contributed by atoms with E-state index in [4.69, 9.17) is 9.84 Å². The normalized spacial score (nSPS) is 14.5. The predicted molar refractivity (Wildman–Crippen MR) is 98.4 cm³/mol. The van der Waals surface area contributed by atoms with Gasteiger partial charge in [-0.15, -0.1) is 0 Å². The summed E-state index contributed by atoms with van der Waals surface area (Å²) in [6.07, 6.45) is 2.52. The molecule has 136 valence electrons. The molecule has 0 unspecified atom stereocenters. The molecule has 2 aromatic carbocycles. The first-order chi connectivity index (χ1) is 12.5. The number of ether oxygens (including phenoxy) is 1. The zero-order chi connectivity index (χ0) is 18.6. The van der Waals surface area contributed by atoms with E-state index in [9.17, 15) is 9.59 Å². The number of carboxylic acids is 1. The van der Waals surface area contributed by atoms with Gasteiger partial charge in [-0.3, -0.25) is 4.79 Å². The predicted octanol–water partition coefficient (Wildman–Crippen LogP) is 2.85. The molecule has 1 amide bonds. The fraction of sp³-hybridized carbons (Fsp3) is 0.333. The summed E-state index contributed by atoms with van der Waals surface area (Å²) in [5.74, 6) is -0.375. The molecule has 5 heteroatoms. The van der Waals surface area contributed by atoms with E-state index in [-0.39, 0.29) is 17.9 Å². The van der Waals surface area contributed by atoms with E-state index in [1.54, 1.807) is 12.1 Å². The standard InChI is InChI=1S/C21H23NO4/c1-15-3-2-4-17(13-15)21(10-11-21)20(25)22-12-9-16-5-7-18(8-6-16)26-14-19(23)24/h2-8,13H,9-12,14H2,1H3,(H,22,25)(H,23,24). The molecule has 0 heterocycles. The maximum atomic E-state index is 12.6. The highest BCUT2D eigenvalue weighted by Gasteiger charge is 2.50. The van der Waals surface area contributed by atoms with Crippen LogP contribution in [0, 0.1) is 6.92 Å². The fourth-order valence-electron chi connectivity index (χ4n) is 3.10. The summed E-state index contributed by atoms with van der Waals surface area (Å²) in [5.41, 5.74) is 3.00. The lowest BCUT2D eigenvalue weighted by Crippen LogP contribution is -2.36. The largest absolute Gasteiger partial charge is 0.482 e. The lowest BCUT2D eigenvalue weighted by Gasteiger charge is -2.16. The molecule has 26 heavy (non-hydrogen) atoms. The van der Waals surface area contributed by atoms with Gasteiger partial charge in [0.05, 0.1) is 5.41 Å². The Morgan fingerprint density at radius 3 is 2.50 bits per heavy atom. The van der Waals surface area contributed by atoms with Crippen molar-refractivity contribution in [3.05, 3.63) is 65.2 Å². The first-order valence-corrected chi connectivity index (χ1v) is 8.79. The lowest BCUT2D eigenvalue weighted by molar-refractivity contribution is -0.139. The van der Waals surface area contributed by atoms with Gasteiger partial charge in [-0.2, -0.15) is 0 Å². The average Bonchev–Trinajstić information content (AvgIpc) is 3.43. The average molecular weight is 353 g/mol.